The second-order valence-corrected chi connectivity index (χ2v) is 3.75. The Kier molecular flexibility index (Phi) is 3.39. The molecule has 1 unspecified atom stereocenters. The van der Waals surface area contributed by atoms with Gasteiger partial charge in [-0.2, -0.15) is 0 Å². The molecule has 1 heterocycles. The van der Waals surface area contributed by atoms with Crippen molar-refractivity contribution in [3.63, 3.8) is 0 Å². The second-order valence-electron chi connectivity index (χ2n) is 2.69. The smallest absolute Gasteiger partial charge is 0.323 e. The Bertz CT molecular complexity index is 298. The van der Waals surface area contributed by atoms with Gasteiger partial charge in [0.15, 0.2) is 0 Å². The number of aromatic nitrogens is 1. The lowest BCUT2D eigenvalue weighted by Crippen LogP contribution is -2.33. The van der Waals surface area contributed by atoms with Crippen LogP contribution in [-0.4, -0.2) is 24.1 Å². The quantitative estimate of drug-likeness (QED) is 0.721. The van der Waals surface area contributed by atoms with E-state index in [1.165, 1.54) is 7.11 Å². The number of nitrogens with two attached hydrogens (primary N) is 1. The van der Waals surface area contributed by atoms with Gasteiger partial charge in [0.1, 0.15) is 6.04 Å². The van der Waals surface area contributed by atoms with Gasteiger partial charge in [0, 0.05) is 11.8 Å². The van der Waals surface area contributed by atoms with Crippen LogP contribution in [0.25, 0.3) is 0 Å². The number of hydrogen-bond acceptors (Lipinski definition) is 5. The lowest BCUT2D eigenvalue weighted by molar-refractivity contribution is -0.142. The van der Waals surface area contributed by atoms with Gasteiger partial charge in [0.25, 0.3) is 0 Å². The van der Waals surface area contributed by atoms with E-state index in [1.54, 1.807) is 11.3 Å². The average molecular weight is 200 g/mol. The summed E-state index contributed by atoms with van der Waals surface area (Å²) in [4.78, 5) is 15.1. The van der Waals surface area contributed by atoms with Crippen LogP contribution in [0.1, 0.15) is 10.7 Å². The molecular formula is C8H12N2O2S. The minimum atomic E-state index is -0.605. The maximum Gasteiger partial charge on any atom is 0.323 e. The largest absolute Gasteiger partial charge is 0.468 e. The standard InChI is InChI=1S/C8H12N2O2S/c1-5-10-6(4-13-5)3-7(9)8(11)12-2/h4,7H,3,9H2,1-2H3. The van der Waals surface area contributed by atoms with Crippen molar-refractivity contribution in [2.45, 2.75) is 19.4 Å². The summed E-state index contributed by atoms with van der Waals surface area (Å²) in [7, 11) is 1.33. The maximum atomic E-state index is 11.0. The third-order valence-electron chi connectivity index (χ3n) is 1.60. The molecule has 72 valence electrons. The van der Waals surface area contributed by atoms with Crippen LogP contribution >= 0.6 is 11.3 Å². The molecule has 1 atom stereocenters. The number of ether oxygens (including phenoxy) is 1. The van der Waals surface area contributed by atoms with E-state index in [0.29, 0.717) is 6.42 Å². The molecule has 0 amide bonds. The number of thiazole rings is 1. The van der Waals surface area contributed by atoms with Crippen molar-refractivity contribution >= 4 is 17.3 Å². The summed E-state index contributed by atoms with van der Waals surface area (Å²) in [5.74, 6) is -0.398. The molecule has 0 spiro atoms. The van der Waals surface area contributed by atoms with E-state index in [4.69, 9.17) is 5.73 Å². The first-order chi connectivity index (χ1) is 6.13. The monoisotopic (exact) mass is 200 g/mol. The van der Waals surface area contributed by atoms with Gasteiger partial charge in [-0.15, -0.1) is 11.3 Å². The van der Waals surface area contributed by atoms with Crippen LogP contribution in [-0.2, 0) is 16.0 Å². The molecule has 0 saturated carbocycles. The summed E-state index contributed by atoms with van der Waals surface area (Å²) in [6.45, 7) is 1.91. The lowest BCUT2D eigenvalue weighted by Gasteiger charge is -2.06. The van der Waals surface area contributed by atoms with E-state index >= 15 is 0 Å². The summed E-state index contributed by atoms with van der Waals surface area (Å²) >= 11 is 1.55. The number of esters is 1. The first-order valence-electron chi connectivity index (χ1n) is 3.88. The van der Waals surface area contributed by atoms with Crippen molar-refractivity contribution in [2.75, 3.05) is 7.11 Å². The highest BCUT2D eigenvalue weighted by Crippen LogP contribution is 2.09. The molecule has 0 fully saturated rings. The fraction of sp³-hybridized carbons (Fsp3) is 0.500. The van der Waals surface area contributed by atoms with Gasteiger partial charge in [0.05, 0.1) is 17.8 Å². The van der Waals surface area contributed by atoms with Crippen LogP contribution in [0, 0.1) is 6.92 Å². The van der Waals surface area contributed by atoms with Crippen molar-refractivity contribution in [3.05, 3.63) is 16.1 Å². The first-order valence-corrected chi connectivity index (χ1v) is 4.76. The number of carbonyl (C=O) groups is 1. The van der Waals surface area contributed by atoms with Gasteiger partial charge in [-0.1, -0.05) is 0 Å². The molecule has 13 heavy (non-hydrogen) atoms. The number of nitrogens with zero attached hydrogens (tertiary/aromatic N) is 1. The van der Waals surface area contributed by atoms with Crippen molar-refractivity contribution < 1.29 is 9.53 Å². The Hall–Kier alpha value is -0.940. The highest BCUT2D eigenvalue weighted by molar-refractivity contribution is 7.09. The van der Waals surface area contributed by atoms with Crippen LogP contribution < -0.4 is 5.73 Å². The zero-order chi connectivity index (χ0) is 9.84. The molecule has 2 N–H and O–H groups in total. The molecule has 0 bridgehead atoms. The number of carbonyl (C=O) groups excluding carboxylic acids is 1. The fourth-order valence-corrected chi connectivity index (χ4v) is 1.59. The van der Waals surface area contributed by atoms with Gasteiger partial charge in [0.2, 0.25) is 0 Å². The number of hydrogen-bond donors (Lipinski definition) is 1. The van der Waals surface area contributed by atoms with Crippen LogP contribution in [0.4, 0.5) is 0 Å². The van der Waals surface area contributed by atoms with E-state index in [0.717, 1.165) is 10.7 Å². The Morgan fingerprint density at radius 1 is 1.85 bits per heavy atom. The summed E-state index contributed by atoms with van der Waals surface area (Å²) < 4.78 is 4.50. The van der Waals surface area contributed by atoms with Crippen LogP contribution in [0.2, 0.25) is 0 Å². The maximum absolute atomic E-state index is 11.0. The number of rotatable bonds is 3. The molecule has 0 aromatic carbocycles. The summed E-state index contributed by atoms with van der Waals surface area (Å²) in [6.07, 6.45) is 0.441. The molecule has 5 heteroatoms. The van der Waals surface area contributed by atoms with Crippen molar-refractivity contribution in [3.8, 4) is 0 Å². The minimum Gasteiger partial charge on any atom is -0.468 e. The summed E-state index contributed by atoms with van der Waals surface area (Å²) in [6, 6.07) is -0.605. The van der Waals surface area contributed by atoms with E-state index < -0.39 is 12.0 Å². The summed E-state index contributed by atoms with van der Waals surface area (Å²) in [5.41, 5.74) is 6.41. The molecule has 0 radical (unpaired) electrons. The predicted molar refractivity (Wildman–Crippen MR) is 50.5 cm³/mol. The number of methoxy groups -OCH3 is 1. The minimum absolute atomic E-state index is 0.398. The van der Waals surface area contributed by atoms with Gasteiger partial charge in [-0.05, 0) is 6.92 Å². The Balaban J connectivity index is 2.54. The van der Waals surface area contributed by atoms with Gasteiger partial charge in [-0.25, -0.2) is 4.98 Å². The van der Waals surface area contributed by atoms with Crippen LogP contribution in [0.3, 0.4) is 0 Å². The molecular weight excluding hydrogens is 188 g/mol. The zero-order valence-corrected chi connectivity index (χ0v) is 8.43. The van der Waals surface area contributed by atoms with Crippen molar-refractivity contribution in [1.82, 2.24) is 4.98 Å². The Morgan fingerprint density at radius 3 is 3.00 bits per heavy atom. The highest BCUT2D eigenvalue weighted by Gasteiger charge is 2.15. The second kappa shape index (κ2) is 4.34. The molecule has 0 aliphatic heterocycles. The lowest BCUT2D eigenvalue weighted by atomic mass is 10.2. The third kappa shape index (κ3) is 2.78. The SMILES string of the molecule is COC(=O)C(N)Cc1csc(C)n1. The van der Waals surface area contributed by atoms with Crippen LogP contribution in [0.15, 0.2) is 5.38 Å². The molecule has 0 aliphatic carbocycles. The Morgan fingerprint density at radius 2 is 2.54 bits per heavy atom. The molecule has 1 aromatic rings. The van der Waals surface area contributed by atoms with Gasteiger partial charge >= 0.3 is 5.97 Å². The van der Waals surface area contributed by atoms with E-state index in [9.17, 15) is 4.79 Å². The first kappa shape index (κ1) is 10.1. The highest BCUT2D eigenvalue weighted by atomic mass is 32.1. The molecule has 1 aromatic heterocycles. The molecule has 0 saturated heterocycles. The van der Waals surface area contributed by atoms with Crippen molar-refractivity contribution in [2.24, 2.45) is 5.73 Å². The van der Waals surface area contributed by atoms with Gasteiger partial charge < -0.3 is 10.5 Å². The van der Waals surface area contributed by atoms with E-state index in [2.05, 4.69) is 9.72 Å². The predicted octanol–water partition coefficient (Wildman–Crippen LogP) is 0.494. The fourth-order valence-electron chi connectivity index (χ4n) is 0.962. The van der Waals surface area contributed by atoms with Gasteiger partial charge in [-0.3, -0.25) is 4.79 Å². The van der Waals surface area contributed by atoms with Crippen LogP contribution in [0.5, 0.6) is 0 Å². The normalized spacial score (nSPS) is 12.5. The van der Waals surface area contributed by atoms with E-state index in [1.807, 2.05) is 12.3 Å². The van der Waals surface area contributed by atoms with Crippen molar-refractivity contribution in [1.29, 1.82) is 0 Å². The third-order valence-corrected chi connectivity index (χ3v) is 2.42. The van der Waals surface area contributed by atoms with E-state index in [-0.39, 0.29) is 0 Å². The molecule has 1 rings (SSSR count). The average Bonchev–Trinajstić information content (AvgIpc) is 2.49. The number of aryl methyl sites for hydroxylation is 1. The molecule has 4 nitrogen and oxygen atoms in total. The Labute approximate surface area is 80.7 Å². The molecule has 0 aliphatic rings. The zero-order valence-electron chi connectivity index (χ0n) is 7.61. The topological polar surface area (TPSA) is 65.2 Å². The summed E-state index contributed by atoms with van der Waals surface area (Å²) in [5, 5.41) is 2.88.